The molecule has 4 fully saturated rings. The molecule has 4 bridgehead atoms. The van der Waals surface area contributed by atoms with E-state index < -0.39 is 6.61 Å². The van der Waals surface area contributed by atoms with Crippen molar-refractivity contribution >= 4 is 11.9 Å². The van der Waals surface area contributed by atoms with E-state index in [0.29, 0.717) is 23.3 Å². The van der Waals surface area contributed by atoms with Crippen LogP contribution in [-0.4, -0.2) is 12.4 Å². The molecule has 4 aliphatic rings. The van der Waals surface area contributed by atoms with Gasteiger partial charge in [0.15, 0.2) is 5.78 Å². The monoisotopic (exact) mass is 332 g/mol. The summed E-state index contributed by atoms with van der Waals surface area (Å²) in [6, 6.07) is 6.60. The summed E-state index contributed by atoms with van der Waals surface area (Å²) in [4.78, 5) is 12.9. The van der Waals surface area contributed by atoms with Crippen molar-refractivity contribution in [3.05, 3.63) is 35.9 Å². The number of allylic oxidation sites excluding steroid dienone is 1. The Labute approximate surface area is 140 Å². The summed E-state index contributed by atoms with van der Waals surface area (Å²) in [5.74, 6) is 2.42. The zero-order valence-corrected chi connectivity index (χ0v) is 13.6. The molecule has 0 spiro atoms. The second-order valence-electron chi connectivity index (χ2n) is 7.81. The normalized spacial score (nSPS) is 34.2. The van der Waals surface area contributed by atoms with Crippen LogP contribution in [0.4, 0.5) is 8.78 Å². The van der Waals surface area contributed by atoms with Gasteiger partial charge in [0, 0.05) is 11.0 Å². The fourth-order valence-corrected chi connectivity index (χ4v) is 5.58. The SMILES string of the molecule is O=C(/C=C/c1ccccc1OC(F)F)C12CC3CC(CC(C3)C1)C2. The molecule has 2 nitrogen and oxygen atoms in total. The molecule has 0 unspecified atom stereocenters. The Kier molecular flexibility index (Phi) is 3.93. The predicted molar refractivity (Wildman–Crippen MR) is 87.7 cm³/mol. The van der Waals surface area contributed by atoms with Gasteiger partial charge in [-0.15, -0.1) is 0 Å². The van der Waals surface area contributed by atoms with Crippen molar-refractivity contribution in [2.75, 3.05) is 0 Å². The van der Waals surface area contributed by atoms with E-state index in [1.54, 1.807) is 30.4 Å². The highest BCUT2D eigenvalue weighted by Gasteiger charge is 2.53. The third-order valence-electron chi connectivity index (χ3n) is 6.11. The summed E-state index contributed by atoms with van der Waals surface area (Å²) in [6.45, 7) is -2.86. The lowest BCUT2D eigenvalue weighted by atomic mass is 9.48. The van der Waals surface area contributed by atoms with Crippen molar-refractivity contribution in [3.63, 3.8) is 0 Å². The van der Waals surface area contributed by atoms with E-state index in [0.717, 1.165) is 19.3 Å². The first-order valence-electron chi connectivity index (χ1n) is 8.80. The van der Waals surface area contributed by atoms with Crippen LogP contribution in [0, 0.1) is 23.2 Å². The molecular weight excluding hydrogens is 310 g/mol. The number of halogens is 2. The van der Waals surface area contributed by atoms with Gasteiger partial charge in [0.05, 0.1) is 0 Å². The van der Waals surface area contributed by atoms with Gasteiger partial charge in [-0.3, -0.25) is 4.79 Å². The van der Waals surface area contributed by atoms with Gasteiger partial charge in [0.25, 0.3) is 0 Å². The standard InChI is InChI=1S/C20H22F2O2/c21-19(22)24-17-4-2-1-3-16(17)5-6-18(23)20-10-13-7-14(11-20)9-15(8-13)12-20/h1-6,13-15,19H,7-12H2/b6-5+. The number of carbonyl (C=O) groups is 1. The summed E-state index contributed by atoms with van der Waals surface area (Å²) in [7, 11) is 0. The number of alkyl halides is 2. The molecule has 24 heavy (non-hydrogen) atoms. The lowest BCUT2D eigenvalue weighted by Crippen LogP contribution is -2.49. The maximum absolute atomic E-state index is 12.9. The number of benzene rings is 1. The number of ketones is 1. The van der Waals surface area contributed by atoms with Crippen LogP contribution in [0.15, 0.2) is 30.3 Å². The van der Waals surface area contributed by atoms with Gasteiger partial charge in [-0.2, -0.15) is 8.78 Å². The maximum atomic E-state index is 12.9. The van der Waals surface area contributed by atoms with Crippen molar-refractivity contribution in [1.29, 1.82) is 0 Å². The van der Waals surface area contributed by atoms with Gasteiger partial charge in [-0.05, 0) is 74.5 Å². The number of rotatable bonds is 5. The third kappa shape index (κ3) is 2.87. The van der Waals surface area contributed by atoms with Gasteiger partial charge >= 0.3 is 6.61 Å². The molecular formula is C20H22F2O2. The summed E-state index contributed by atoms with van der Waals surface area (Å²) < 4.78 is 29.5. The van der Waals surface area contributed by atoms with Gasteiger partial charge < -0.3 is 4.74 Å². The molecule has 4 heteroatoms. The molecule has 0 amide bonds. The number of hydrogen-bond acceptors (Lipinski definition) is 2. The molecule has 4 saturated carbocycles. The second-order valence-corrected chi connectivity index (χ2v) is 7.81. The van der Waals surface area contributed by atoms with Gasteiger partial charge in [0.2, 0.25) is 0 Å². The molecule has 4 aliphatic carbocycles. The Bertz CT molecular complexity index is 630. The van der Waals surface area contributed by atoms with E-state index in [2.05, 4.69) is 4.74 Å². The van der Waals surface area contributed by atoms with Crippen molar-refractivity contribution < 1.29 is 18.3 Å². The zero-order chi connectivity index (χ0) is 16.7. The minimum atomic E-state index is -2.86. The molecule has 0 heterocycles. The number of carbonyl (C=O) groups excluding carboxylic acids is 1. The molecule has 1 aromatic carbocycles. The van der Waals surface area contributed by atoms with Gasteiger partial charge in [0.1, 0.15) is 5.75 Å². The summed E-state index contributed by atoms with van der Waals surface area (Å²) >= 11 is 0. The van der Waals surface area contributed by atoms with E-state index in [1.807, 2.05) is 0 Å². The first-order chi connectivity index (χ1) is 11.5. The second kappa shape index (κ2) is 5.98. The topological polar surface area (TPSA) is 26.3 Å². The Morgan fingerprint density at radius 1 is 1.08 bits per heavy atom. The van der Waals surface area contributed by atoms with Crippen molar-refractivity contribution in [3.8, 4) is 5.75 Å². The minimum absolute atomic E-state index is 0.113. The Balaban J connectivity index is 1.53. The Morgan fingerprint density at radius 2 is 1.67 bits per heavy atom. The van der Waals surface area contributed by atoms with Crippen LogP contribution < -0.4 is 4.74 Å². The van der Waals surface area contributed by atoms with Crippen molar-refractivity contribution in [1.82, 2.24) is 0 Å². The predicted octanol–water partition coefficient (Wildman–Crippen LogP) is 5.09. The first kappa shape index (κ1) is 15.8. The summed E-state index contributed by atoms with van der Waals surface area (Å²) in [6.07, 6.45) is 10.1. The van der Waals surface area contributed by atoms with Crippen LogP contribution in [0.25, 0.3) is 6.08 Å². The fraction of sp³-hybridized carbons (Fsp3) is 0.550. The molecule has 0 radical (unpaired) electrons. The highest BCUT2D eigenvalue weighted by Crippen LogP contribution is 2.60. The van der Waals surface area contributed by atoms with Crippen LogP contribution in [0.1, 0.15) is 44.1 Å². The lowest BCUT2D eigenvalue weighted by molar-refractivity contribution is -0.138. The van der Waals surface area contributed by atoms with Crippen molar-refractivity contribution in [2.24, 2.45) is 23.2 Å². The summed E-state index contributed by atoms with van der Waals surface area (Å²) in [5, 5.41) is 0. The fourth-order valence-electron chi connectivity index (χ4n) is 5.58. The molecule has 0 N–H and O–H groups in total. The van der Waals surface area contributed by atoms with Crippen LogP contribution in [0.3, 0.4) is 0 Å². The minimum Gasteiger partial charge on any atom is -0.434 e. The quantitative estimate of drug-likeness (QED) is 0.702. The maximum Gasteiger partial charge on any atom is 0.387 e. The third-order valence-corrected chi connectivity index (χ3v) is 6.11. The van der Waals surface area contributed by atoms with E-state index in [-0.39, 0.29) is 16.9 Å². The number of ether oxygens (including phenoxy) is 1. The van der Waals surface area contributed by atoms with Crippen LogP contribution in [-0.2, 0) is 4.79 Å². The summed E-state index contributed by atoms with van der Waals surface area (Å²) in [5.41, 5.74) is 0.333. The van der Waals surface area contributed by atoms with E-state index >= 15 is 0 Å². The molecule has 0 atom stereocenters. The average molecular weight is 332 g/mol. The molecule has 5 rings (SSSR count). The van der Waals surface area contributed by atoms with Crippen molar-refractivity contribution in [2.45, 2.75) is 45.1 Å². The van der Waals surface area contributed by atoms with Gasteiger partial charge in [-0.1, -0.05) is 18.2 Å². The van der Waals surface area contributed by atoms with Crippen LogP contribution >= 0.6 is 0 Å². The van der Waals surface area contributed by atoms with Crippen LogP contribution in [0.5, 0.6) is 5.75 Å². The molecule has 128 valence electrons. The smallest absolute Gasteiger partial charge is 0.387 e. The molecule has 0 aromatic heterocycles. The van der Waals surface area contributed by atoms with E-state index in [9.17, 15) is 13.6 Å². The highest BCUT2D eigenvalue weighted by molar-refractivity contribution is 5.98. The largest absolute Gasteiger partial charge is 0.434 e. The highest BCUT2D eigenvalue weighted by atomic mass is 19.3. The number of para-hydroxylation sites is 1. The first-order valence-corrected chi connectivity index (χ1v) is 8.80. The lowest BCUT2D eigenvalue weighted by Gasteiger charge is -2.55. The Hall–Kier alpha value is -1.71. The molecule has 0 saturated heterocycles. The zero-order valence-electron chi connectivity index (χ0n) is 13.6. The molecule has 1 aromatic rings. The number of hydrogen-bond donors (Lipinski definition) is 0. The van der Waals surface area contributed by atoms with Crippen LogP contribution in [0.2, 0.25) is 0 Å². The van der Waals surface area contributed by atoms with E-state index in [4.69, 9.17) is 0 Å². The average Bonchev–Trinajstić information content (AvgIpc) is 2.52. The van der Waals surface area contributed by atoms with Gasteiger partial charge in [-0.25, -0.2) is 0 Å². The molecule has 0 aliphatic heterocycles. The van der Waals surface area contributed by atoms with E-state index in [1.165, 1.54) is 25.3 Å². The Morgan fingerprint density at radius 3 is 2.25 bits per heavy atom.